The molecule has 0 aliphatic heterocycles. The molecule has 0 saturated heterocycles. The second kappa shape index (κ2) is 6.41. The molecule has 0 atom stereocenters. The van der Waals surface area contributed by atoms with E-state index in [0.29, 0.717) is 5.89 Å². The van der Waals surface area contributed by atoms with Crippen molar-refractivity contribution < 1.29 is 9.21 Å². The van der Waals surface area contributed by atoms with Gasteiger partial charge in [0.25, 0.3) is 5.89 Å². The van der Waals surface area contributed by atoms with Crippen LogP contribution in [0.25, 0.3) is 10.8 Å². The molecule has 0 fully saturated rings. The van der Waals surface area contributed by atoms with Crippen LogP contribution in [0, 0.1) is 6.92 Å². The van der Waals surface area contributed by atoms with Crippen molar-refractivity contribution in [2.24, 2.45) is 0 Å². The molecule has 22 heavy (non-hydrogen) atoms. The number of aromatic nitrogens is 2. The summed E-state index contributed by atoms with van der Waals surface area (Å²) < 4.78 is 6.43. The molecule has 7 heteroatoms. The molecule has 0 aliphatic rings. The van der Waals surface area contributed by atoms with Gasteiger partial charge in [0, 0.05) is 0 Å². The second-order valence-corrected chi connectivity index (χ2v) is 7.19. The molecule has 3 aromatic rings. The van der Waals surface area contributed by atoms with Crippen molar-refractivity contribution in [1.29, 1.82) is 0 Å². The predicted molar refractivity (Wildman–Crippen MR) is 88.8 cm³/mol. The molecule has 1 aromatic carbocycles. The number of rotatable bonds is 4. The van der Waals surface area contributed by atoms with E-state index in [1.807, 2.05) is 43.3 Å². The molecule has 0 unspecified atom stereocenters. The van der Waals surface area contributed by atoms with Crippen LogP contribution < -0.4 is 5.32 Å². The third-order valence-corrected chi connectivity index (χ3v) is 4.51. The normalized spacial score (nSPS) is 10.6. The SMILES string of the molecule is Cc1cccc(CC(=O)Nc2nnc(-c3ccc(Br)s3)o2)c1. The van der Waals surface area contributed by atoms with E-state index in [0.717, 1.165) is 19.8 Å². The summed E-state index contributed by atoms with van der Waals surface area (Å²) in [5.74, 6) is 0.203. The molecule has 112 valence electrons. The Morgan fingerprint density at radius 1 is 1.32 bits per heavy atom. The van der Waals surface area contributed by atoms with E-state index in [9.17, 15) is 4.79 Å². The highest BCUT2D eigenvalue weighted by Crippen LogP contribution is 2.30. The summed E-state index contributed by atoms with van der Waals surface area (Å²) in [6, 6.07) is 11.7. The number of amides is 1. The number of carbonyl (C=O) groups is 1. The summed E-state index contributed by atoms with van der Waals surface area (Å²) in [5.41, 5.74) is 2.06. The number of aryl methyl sites for hydroxylation is 1. The minimum Gasteiger partial charge on any atom is -0.402 e. The molecule has 0 radical (unpaired) electrons. The van der Waals surface area contributed by atoms with Crippen molar-refractivity contribution in [3.63, 3.8) is 0 Å². The number of thiophene rings is 1. The summed E-state index contributed by atoms with van der Waals surface area (Å²) in [7, 11) is 0. The minimum absolute atomic E-state index is 0.108. The van der Waals surface area contributed by atoms with Crippen molar-refractivity contribution in [1.82, 2.24) is 10.2 Å². The van der Waals surface area contributed by atoms with Crippen LogP contribution in [-0.4, -0.2) is 16.1 Å². The number of carbonyl (C=O) groups excluding carboxylic acids is 1. The highest BCUT2D eigenvalue weighted by molar-refractivity contribution is 9.11. The molecule has 2 heterocycles. The lowest BCUT2D eigenvalue weighted by Crippen LogP contribution is -2.14. The van der Waals surface area contributed by atoms with Gasteiger partial charge < -0.3 is 4.42 Å². The molecule has 5 nitrogen and oxygen atoms in total. The lowest BCUT2D eigenvalue weighted by molar-refractivity contribution is -0.115. The first-order valence-corrected chi connectivity index (χ1v) is 8.16. The van der Waals surface area contributed by atoms with Gasteiger partial charge in [0.2, 0.25) is 5.91 Å². The fourth-order valence-corrected chi connectivity index (χ4v) is 3.28. The summed E-state index contributed by atoms with van der Waals surface area (Å²) in [5, 5.41) is 10.4. The average molecular weight is 378 g/mol. The van der Waals surface area contributed by atoms with Gasteiger partial charge in [0.1, 0.15) is 0 Å². The Labute approximate surface area is 139 Å². The van der Waals surface area contributed by atoms with E-state index >= 15 is 0 Å². The van der Waals surface area contributed by atoms with Gasteiger partial charge >= 0.3 is 6.01 Å². The Morgan fingerprint density at radius 3 is 2.91 bits per heavy atom. The highest BCUT2D eigenvalue weighted by Gasteiger charge is 2.13. The summed E-state index contributed by atoms with van der Waals surface area (Å²) >= 11 is 4.86. The third kappa shape index (κ3) is 3.61. The van der Waals surface area contributed by atoms with Gasteiger partial charge in [0.15, 0.2) is 0 Å². The summed E-state index contributed by atoms with van der Waals surface area (Å²) in [4.78, 5) is 12.8. The topological polar surface area (TPSA) is 68.0 Å². The highest BCUT2D eigenvalue weighted by atomic mass is 79.9. The summed E-state index contributed by atoms with van der Waals surface area (Å²) in [6.07, 6.45) is 0.268. The Hall–Kier alpha value is -1.99. The molecular weight excluding hydrogens is 366 g/mol. The molecule has 3 rings (SSSR count). The first-order chi connectivity index (χ1) is 10.6. The van der Waals surface area contributed by atoms with Gasteiger partial charge in [-0.15, -0.1) is 16.4 Å². The van der Waals surface area contributed by atoms with Crippen LogP contribution in [0.1, 0.15) is 11.1 Å². The average Bonchev–Trinajstić information content (AvgIpc) is 3.07. The zero-order valence-electron chi connectivity index (χ0n) is 11.7. The van der Waals surface area contributed by atoms with Crippen molar-refractivity contribution in [2.45, 2.75) is 13.3 Å². The minimum atomic E-state index is -0.187. The lowest BCUT2D eigenvalue weighted by atomic mass is 10.1. The number of benzene rings is 1. The van der Waals surface area contributed by atoms with Crippen molar-refractivity contribution in [2.75, 3.05) is 5.32 Å². The molecule has 0 spiro atoms. The Morgan fingerprint density at radius 2 is 2.18 bits per heavy atom. The zero-order chi connectivity index (χ0) is 15.5. The Kier molecular flexibility index (Phi) is 4.35. The van der Waals surface area contributed by atoms with Crippen LogP contribution in [0.2, 0.25) is 0 Å². The van der Waals surface area contributed by atoms with Gasteiger partial charge in [-0.1, -0.05) is 34.9 Å². The first kappa shape index (κ1) is 14.9. The van der Waals surface area contributed by atoms with Crippen LogP contribution in [0.5, 0.6) is 0 Å². The second-order valence-electron chi connectivity index (χ2n) is 4.73. The monoisotopic (exact) mass is 377 g/mol. The van der Waals surface area contributed by atoms with Gasteiger partial charge in [-0.05, 0) is 40.5 Å². The summed E-state index contributed by atoms with van der Waals surface area (Å²) in [6.45, 7) is 1.99. The van der Waals surface area contributed by atoms with Crippen molar-refractivity contribution in [3.05, 3.63) is 51.3 Å². The van der Waals surface area contributed by atoms with Gasteiger partial charge in [0.05, 0.1) is 15.1 Å². The fourth-order valence-electron chi connectivity index (χ4n) is 1.97. The van der Waals surface area contributed by atoms with Gasteiger partial charge in [-0.3, -0.25) is 10.1 Å². The number of halogens is 1. The van der Waals surface area contributed by atoms with E-state index in [1.54, 1.807) is 0 Å². The smallest absolute Gasteiger partial charge is 0.322 e. The number of hydrogen-bond donors (Lipinski definition) is 1. The van der Waals surface area contributed by atoms with Crippen LogP contribution in [0.3, 0.4) is 0 Å². The number of hydrogen-bond acceptors (Lipinski definition) is 5. The molecule has 0 aliphatic carbocycles. The predicted octanol–water partition coefficient (Wildman–Crippen LogP) is 4.05. The van der Waals surface area contributed by atoms with Crippen LogP contribution in [-0.2, 0) is 11.2 Å². The molecular formula is C15H12BrN3O2S. The molecule has 0 bridgehead atoms. The molecule has 1 amide bonds. The number of anilines is 1. The van der Waals surface area contributed by atoms with Crippen molar-refractivity contribution >= 4 is 39.2 Å². The zero-order valence-corrected chi connectivity index (χ0v) is 14.1. The molecule has 1 N–H and O–H groups in total. The first-order valence-electron chi connectivity index (χ1n) is 6.55. The van der Waals surface area contributed by atoms with Gasteiger partial charge in [-0.25, -0.2) is 0 Å². The lowest BCUT2D eigenvalue weighted by Gasteiger charge is -2.02. The molecule has 0 saturated carbocycles. The van der Waals surface area contributed by atoms with Crippen molar-refractivity contribution in [3.8, 4) is 10.8 Å². The quantitative estimate of drug-likeness (QED) is 0.744. The van der Waals surface area contributed by atoms with Crippen LogP contribution in [0.15, 0.2) is 44.6 Å². The number of nitrogens with one attached hydrogen (secondary N) is 1. The van der Waals surface area contributed by atoms with E-state index in [2.05, 4.69) is 31.4 Å². The maximum Gasteiger partial charge on any atom is 0.322 e. The Balaban J connectivity index is 1.66. The molecule has 2 aromatic heterocycles. The third-order valence-electron chi connectivity index (χ3n) is 2.90. The fraction of sp³-hybridized carbons (Fsp3) is 0.133. The number of nitrogens with zero attached hydrogens (tertiary/aromatic N) is 2. The Bertz CT molecular complexity index is 812. The largest absolute Gasteiger partial charge is 0.402 e. The van der Waals surface area contributed by atoms with Gasteiger partial charge in [-0.2, -0.15) is 0 Å². The van der Waals surface area contributed by atoms with E-state index < -0.39 is 0 Å². The maximum atomic E-state index is 12.0. The maximum absolute atomic E-state index is 12.0. The van der Waals surface area contributed by atoms with Crippen LogP contribution in [0.4, 0.5) is 6.01 Å². The standard InChI is InChI=1S/C15H12BrN3O2S/c1-9-3-2-4-10(7-9)8-13(20)17-15-19-18-14(21-15)11-5-6-12(16)22-11/h2-7H,8H2,1H3,(H,17,19,20). The van der Waals surface area contributed by atoms with E-state index in [-0.39, 0.29) is 18.3 Å². The van der Waals surface area contributed by atoms with E-state index in [1.165, 1.54) is 11.3 Å². The van der Waals surface area contributed by atoms with Crippen LogP contribution >= 0.6 is 27.3 Å². The van der Waals surface area contributed by atoms with E-state index in [4.69, 9.17) is 4.42 Å².